The lowest BCUT2D eigenvalue weighted by atomic mass is 10.2. The molecular weight excluding hydrogens is 413 g/mol. The van der Waals surface area contributed by atoms with Gasteiger partial charge in [-0.2, -0.15) is 9.40 Å². The molecule has 1 aromatic heterocycles. The molecule has 12 heteroatoms. The van der Waals surface area contributed by atoms with Gasteiger partial charge in [0.25, 0.3) is 5.91 Å². The number of aryl methyl sites for hydroxylation is 1. The van der Waals surface area contributed by atoms with Crippen molar-refractivity contribution in [3.63, 3.8) is 0 Å². The lowest BCUT2D eigenvalue weighted by Crippen LogP contribution is -2.37. The van der Waals surface area contributed by atoms with Gasteiger partial charge in [-0.05, 0) is 24.6 Å². The van der Waals surface area contributed by atoms with Gasteiger partial charge < -0.3 is 9.64 Å². The molecule has 1 amide bonds. The number of benzene rings is 1. The summed E-state index contributed by atoms with van der Waals surface area (Å²) >= 11 is 0. The number of amides is 1. The smallest absolute Gasteiger partial charge is 0.406 e. The number of nitrogens with zero attached hydrogens (tertiary/aromatic N) is 4. The van der Waals surface area contributed by atoms with Gasteiger partial charge in [0.05, 0.1) is 6.20 Å². The Bertz CT molecular complexity index is 991. The van der Waals surface area contributed by atoms with Crippen molar-refractivity contribution >= 4 is 15.9 Å². The van der Waals surface area contributed by atoms with E-state index in [0.717, 1.165) is 12.1 Å². The molecule has 29 heavy (non-hydrogen) atoms. The second-order valence-electron chi connectivity index (χ2n) is 6.48. The Morgan fingerprint density at radius 2 is 1.93 bits per heavy atom. The van der Waals surface area contributed by atoms with Gasteiger partial charge >= 0.3 is 6.36 Å². The lowest BCUT2D eigenvalue weighted by Gasteiger charge is -2.22. The van der Waals surface area contributed by atoms with Crippen LogP contribution in [0.2, 0.25) is 0 Å². The van der Waals surface area contributed by atoms with Crippen LogP contribution in [0.3, 0.4) is 0 Å². The monoisotopic (exact) mass is 432 g/mol. The summed E-state index contributed by atoms with van der Waals surface area (Å²) in [7, 11) is -2.13. The summed E-state index contributed by atoms with van der Waals surface area (Å²) in [6.07, 6.45) is -1.81. The highest BCUT2D eigenvalue weighted by molar-refractivity contribution is 7.89. The maximum absolute atomic E-state index is 12.7. The van der Waals surface area contributed by atoms with Crippen LogP contribution in [0, 0.1) is 0 Å². The minimum atomic E-state index is -4.86. The van der Waals surface area contributed by atoms with E-state index >= 15 is 0 Å². The average molecular weight is 432 g/mol. The van der Waals surface area contributed by atoms with E-state index in [9.17, 15) is 26.4 Å². The van der Waals surface area contributed by atoms with Crippen LogP contribution in [0.4, 0.5) is 13.2 Å². The molecule has 0 radical (unpaired) electrons. The van der Waals surface area contributed by atoms with Crippen LogP contribution in [-0.4, -0.2) is 65.9 Å². The van der Waals surface area contributed by atoms with Crippen LogP contribution >= 0.6 is 0 Å². The van der Waals surface area contributed by atoms with Crippen LogP contribution in [0.25, 0.3) is 0 Å². The minimum absolute atomic E-state index is 0.0373. The first-order chi connectivity index (χ1) is 13.6. The number of alkyl halides is 3. The second-order valence-corrected chi connectivity index (χ2v) is 8.41. The zero-order valence-corrected chi connectivity index (χ0v) is 16.3. The summed E-state index contributed by atoms with van der Waals surface area (Å²) in [4.78, 5) is 14.2. The predicted molar refractivity (Wildman–Crippen MR) is 95.6 cm³/mol. The quantitative estimate of drug-likeness (QED) is 0.736. The molecular formula is C17H19F3N4O4S. The van der Waals surface area contributed by atoms with E-state index in [4.69, 9.17) is 0 Å². The molecule has 3 rings (SSSR count). The van der Waals surface area contributed by atoms with Gasteiger partial charge in [0.15, 0.2) is 0 Å². The standard InChI is InChI=1S/C17H19F3N4O4S/c1-22-12-15(11-21-22)29(26,27)24-7-3-6-23(8-9-24)16(25)13-4-2-5-14(10-13)28-17(18,19)20/h2,4-5,10-12H,3,6-9H2,1H3. The van der Waals surface area contributed by atoms with Gasteiger partial charge in [-0.15, -0.1) is 13.2 Å². The zero-order chi connectivity index (χ0) is 21.2. The Balaban J connectivity index is 1.71. The summed E-state index contributed by atoms with van der Waals surface area (Å²) in [5, 5.41) is 3.87. The maximum Gasteiger partial charge on any atom is 0.573 e. The van der Waals surface area contributed by atoms with Gasteiger partial charge in [-0.3, -0.25) is 9.48 Å². The first kappa shape index (κ1) is 21.1. The number of halogens is 3. The Labute approximate surface area is 165 Å². The average Bonchev–Trinajstić information content (AvgIpc) is 2.93. The Morgan fingerprint density at radius 1 is 1.17 bits per heavy atom. The highest BCUT2D eigenvalue weighted by Crippen LogP contribution is 2.24. The molecule has 0 spiro atoms. The zero-order valence-electron chi connectivity index (χ0n) is 15.5. The predicted octanol–water partition coefficient (Wildman–Crippen LogP) is 1.86. The van der Waals surface area contributed by atoms with Crippen molar-refractivity contribution in [2.75, 3.05) is 26.2 Å². The maximum atomic E-state index is 12.7. The Morgan fingerprint density at radius 3 is 2.59 bits per heavy atom. The highest BCUT2D eigenvalue weighted by Gasteiger charge is 2.32. The molecule has 1 aliphatic rings. The van der Waals surface area contributed by atoms with Gasteiger partial charge in [0.2, 0.25) is 10.0 Å². The van der Waals surface area contributed by atoms with Gasteiger partial charge in [0, 0.05) is 45.0 Å². The molecule has 0 aliphatic carbocycles. The lowest BCUT2D eigenvalue weighted by molar-refractivity contribution is -0.274. The van der Waals surface area contributed by atoms with Crippen molar-refractivity contribution in [2.45, 2.75) is 17.7 Å². The molecule has 0 saturated carbocycles. The molecule has 1 aromatic carbocycles. The summed E-state index contributed by atoms with van der Waals surface area (Å²) in [6, 6.07) is 4.81. The van der Waals surface area contributed by atoms with Crippen molar-refractivity contribution in [1.29, 1.82) is 0 Å². The molecule has 8 nitrogen and oxygen atoms in total. The number of ether oxygens (including phenoxy) is 1. The summed E-state index contributed by atoms with van der Waals surface area (Å²) in [6.45, 7) is 0.685. The van der Waals surface area contributed by atoms with E-state index in [1.165, 1.54) is 38.4 Å². The summed E-state index contributed by atoms with van der Waals surface area (Å²) in [5.74, 6) is -0.975. The van der Waals surface area contributed by atoms with E-state index in [2.05, 4.69) is 9.84 Å². The Kier molecular flexibility index (Phi) is 5.85. The first-order valence-corrected chi connectivity index (χ1v) is 10.1. The largest absolute Gasteiger partial charge is 0.573 e. The van der Waals surface area contributed by atoms with Crippen LogP contribution < -0.4 is 4.74 Å². The number of carbonyl (C=O) groups is 1. The third kappa shape index (κ3) is 5.07. The van der Waals surface area contributed by atoms with E-state index < -0.39 is 28.0 Å². The second kappa shape index (κ2) is 8.03. The number of aromatic nitrogens is 2. The molecule has 0 unspecified atom stereocenters. The third-order valence-corrected chi connectivity index (χ3v) is 6.23. The molecule has 1 fully saturated rings. The van der Waals surface area contributed by atoms with E-state index in [1.54, 1.807) is 7.05 Å². The Hall–Kier alpha value is -2.60. The SMILES string of the molecule is Cn1cc(S(=O)(=O)N2CCCN(C(=O)c3cccc(OC(F)(F)F)c3)CC2)cn1. The van der Waals surface area contributed by atoms with Gasteiger partial charge in [0.1, 0.15) is 10.6 Å². The van der Waals surface area contributed by atoms with Crippen molar-refractivity contribution in [3.8, 4) is 5.75 Å². The summed E-state index contributed by atoms with van der Waals surface area (Å²) in [5.41, 5.74) is 0.0373. The first-order valence-electron chi connectivity index (χ1n) is 8.70. The normalized spacial score (nSPS) is 16.5. The van der Waals surface area contributed by atoms with Crippen molar-refractivity contribution in [1.82, 2.24) is 19.0 Å². The van der Waals surface area contributed by atoms with Crippen LogP contribution in [0.5, 0.6) is 5.75 Å². The van der Waals surface area contributed by atoms with Crippen LogP contribution in [0.15, 0.2) is 41.6 Å². The fourth-order valence-corrected chi connectivity index (χ4v) is 4.48. The minimum Gasteiger partial charge on any atom is -0.406 e. The van der Waals surface area contributed by atoms with Crippen molar-refractivity contribution in [3.05, 3.63) is 42.2 Å². The highest BCUT2D eigenvalue weighted by atomic mass is 32.2. The number of hydrogen-bond donors (Lipinski definition) is 0. The van der Waals surface area contributed by atoms with E-state index in [1.807, 2.05) is 0 Å². The number of sulfonamides is 1. The van der Waals surface area contributed by atoms with Crippen LogP contribution in [-0.2, 0) is 17.1 Å². The van der Waals surface area contributed by atoms with Crippen LogP contribution in [0.1, 0.15) is 16.8 Å². The fourth-order valence-electron chi connectivity index (χ4n) is 3.03. The molecule has 1 saturated heterocycles. The van der Waals surface area contributed by atoms with Crippen molar-refractivity contribution < 1.29 is 31.1 Å². The molecule has 0 N–H and O–H groups in total. The fraction of sp³-hybridized carbons (Fsp3) is 0.412. The number of rotatable bonds is 4. The molecule has 2 heterocycles. The molecule has 0 atom stereocenters. The van der Waals surface area contributed by atoms with Crippen molar-refractivity contribution in [2.24, 2.45) is 7.05 Å². The third-order valence-electron chi connectivity index (χ3n) is 4.38. The summed E-state index contributed by atoms with van der Waals surface area (Å²) < 4.78 is 69.1. The van der Waals surface area contributed by atoms with E-state index in [0.29, 0.717) is 6.42 Å². The molecule has 0 bridgehead atoms. The van der Waals surface area contributed by atoms with Gasteiger partial charge in [-0.25, -0.2) is 8.42 Å². The molecule has 1 aliphatic heterocycles. The molecule has 158 valence electrons. The topological polar surface area (TPSA) is 84.7 Å². The molecule has 2 aromatic rings. The van der Waals surface area contributed by atoms with E-state index in [-0.39, 0.29) is 36.6 Å². The number of carbonyl (C=O) groups excluding carboxylic acids is 1. The van der Waals surface area contributed by atoms with Gasteiger partial charge in [-0.1, -0.05) is 6.07 Å². The number of hydrogen-bond acceptors (Lipinski definition) is 5.